The Morgan fingerprint density at radius 3 is 2.73 bits per heavy atom. The lowest BCUT2D eigenvalue weighted by Crippen LogP contribution is -2.09. The fraction of sp³-hybridized carbons (Fsp3) is 0.200. The number of rotatable bonds is 6. The zero-order chi connectivity index (χ0) is 18.5. The molecule has 1 N–H and O–H groups in total. The van der Waals surface area contributed by atoms with Crippen molar-refractivity contribution in [2.75, 3.05) is 18.5 Å². The molecular weight excluding hydrogens is 396 g/mol. The van der Waals surface area contributed by atoms with Gasteiger partial charge in [0.2, 0.25) is 0 Å². The van der Waals surface area contributed by atoms with E-state index in [0.717, 1.165) is 21.1 Å². The Kier molecular flexibility index (Phi) is 5.73. The van der Waals surface area contributed by atoms with E-state index in [2.05, 4.69) is 26.2 Å². The summed E-state index contributed by atoms with van der Waals surface area (Å²) in [5.41, 5.74) is 2.57. The molecule has 2 aromatic carbocycles. The van der Waals surface area contributed by atoms with Gasteiger partial charge < -0.3 is 14.8 Å². The van der Waals surface area contributed by atoms with Crippen molar-refractivity contribution in [3.63, 3.8) is 0 Å². The summed E-state index contributed by atoms with van der Waals surface area (Å²) in [6.45, 7) is 4.55. The molecule has 0 fully saturated rings. The fourth-order valence-electron chi connectivity index (χ4n) is 2.65. The number of benzene rings is 2. The summed E-state index contributed by atoms with van der Waals surface area (Å²) in [6.07, 6.45) is 1.54. The highest BCUT2D eigenvalue weighted by Gasteiger charge is 2.18. The number of aromatic nitrogens is 1. The van der Waals surface area contributed by atoms with E-state index in [1.807, 2.05) is 49.4 Å². The van der Waals surface area contributed by atoms with Crippen LogP contribution in [0.1, 0.15) is 24.2 Å². The number of para-hydroxylation sites is 2. The third-order valence-corrected chi connectivity index (χ3v) is 4.27. The number of carbonyl (C=O) groups excluding carboxylic acids is 1. The molecule has 0 amide bonds. The van der Waals surface area contributed by atoms with Crippen LogP contribution in [0.5, 0.6) is 5.75 Å². The topological polar surface area (TPSA) is 60.5 Å². The summed E-state index contributed by atoms with van der Waals surface area (Å²) in [7, 11) is 0. The summed E-state index contributed by atoms with van der Waals surface area (Å²) < 4.78 is 11.8. The zero-order valence-electron chi connectivity index (χ0n) is 14.6. The maximum absolute atomic E-state index is 12.4. The lowest BCUT2D eigenvalue weighted by molar-refractivity contribution is 0.0527. The lowest BCUT2D eigenvalue weighted by atomic mass is 10.1. The second-order valence-electron chi connectivity index (χ2n) is 5.48. The van der Waals surface area contributed by atoms with Crippen LogP contribution in [0.25, 0.3) is 10.9 Å². The molecule has 0 atom stereocenters. The van der Waals surface area contributed by atoms with Crippen molar-refractivity contribution < 1.29 is 14.3 Å². The number of fused-ring (bicyclic) bond motifs is 1. The largest absolute Gasteiger partial charge is 0.492 e. The van der Waals surface area contributed by atoms with Crippen LogP contribution in [0.2, 0.25) is 0 Å². The average Bonchev–Trinajstić information content (AvgIpc) is 2.64. The number of nitrogens with zero attached hydrogens (tertiary/aromatic N) is 1. The molecule has 1 heterocycles. The second kappa shape index (κ2) is 8.19. The van der Waals surface area contributed by atoms with E-state index in [1.54, 1.807) is 13.1 Å². The number of hydrogen-bond donors (Lipinski definition) is 1. The monoisotopic (exact) mass is 414 g/mol. The van der Waals surface area contributed by atoms with E-state index in [4.69, 9.17) is 9.47 Å². The van der Waals surface area contributed by atoms with Crippen molar-refractivity contribution in [2.24, 2.45) is 0 Å². The van der Waals surface area contributed by atoms with Gasteiger partial charge in [0.25, 0.3) is 0 Å². The van der Waals surface area contributed by atoms with Crippen LogP contribution in [0.3, 0.4) is 0 Å². The number of esters is 1. The molecule has 0 radical (unpaired) electrons. The highest BCUT2D eigenvalue weighted by Crippen LogP contribution is 2.34. The molecule has 0 spiro atoms. The predicted molar refractivity (Wildman–Crippen MR) is 106 cm³/mol. The van der Waals surface area contributed by atoms with E-state index in [1.165, 1.54) is 0 Å². The molecule has 0 saturated heterocycles. The van der Waals surface area contributed by atoms with Gasteiger partial charge in [-0.1, -0.05) is 28.1 Å². The van der Waals surface area contributed by atoms with E-state index >= 15 is 0 Å². The lowest BCUT2D eigenvalue weighted by Gasteiger charge is -2.16. The molecule has 1 aromatic heterocycles. The Hall–Kier alpha value is -2.60. The van der Waals surface area contributed by atoms with Crippen LogP contribution < -0.4 is 10.1 Å². The van der Waals surface area contributed by atoms with Gasteiger partial charge in [-0.25, -0.2) is 4.79 Å². The first-order valence-electron chi connectivity index (χ1n) is 8.38. The minimum Gasteiger partial charge on any atom is -0.492 e. The van der Waals surface area contributed by atoms with Gasteiger partial charge in [0, 0.05) is 16.1 Å². The Labute approximate surface area is 160 Å². The molecule has 0 aliphatic rings. The molecule has 0 aliphatic heterocycles. The van der Waals surface area contributed by atoms with Crippen LogP contribution in [0.4, 0.5) is 11.4 Å². The summed E-state index contributed by atoms with van der Waals surface area (Å²) >= 11 is 3.49. The molecule has 5 nitrogen and oxygen atoms in total. The van der Waals surface area contributed by atoms with Gasteiger partial charge in [0.1, 0.15) is 11.3 Å². The normalized spacial score (nSPS) is 10.6. The summed E-state index contributed by atoms with van der Waals surface area (Å²) in [5, 5.41) is 4.16. The number of pyridine rings is 1. The van der Waals surface area contributed by atoms with Crippen LogP contribution in [-0.4, -0.2) is 24.2 Å². The summed E-state index contributed by atoms with van der Waals surface area (Å²) in [6, 6.07) is 13.3. The second-order valence-corrected chi connectivity index (χ2v) is 6.40. The van der Waals surface area contributed by atoms with Crippen molar-refractivity contribution >= 4 is 44.2 Å². The van der Waals surface area contributed by atoms with Gasteiger partial charge >= 0.3 is 5.97 Å². The first-order valence-corrected chi connectivity index (χ1v) is 9.17. The predicted octanol–water partition coefficient (Wildman–Crippen LogP) is 5.32. The SMILES string of the molecule is CCOC(=O)c1cnc2ccc(Br)cc2c1Nc1ccccc1OCC. The van der Waals surface area contributed by atoms with Crippen molar-refractivity contribution in [3.8, 4) is 5.75 Å². The molecule has 0 saturated carbocycles. The molecule has 134 valence electrons. The van der Waals surface area contributed by atoms with E-state index in [0.29, 0.717) is 30.2 Å². The van der Waals surface area contributed by atoms with Gasteiger partial charge in [-0.2, -0.15) is 0 Å². The van der Waals surface area contributed by atoms with Crippen molar-refractivity contribution in [1.82, 2.24) is 4.98 Å². The number of halogens is 1. The van der Waals surface area contributed by atoms with Crippen LogP contribution in [0, 0.1) is 0 Å². The Morgan fingerprint density at radius 2 is 1.96 bits per heavy atom. The average molecular weight is 415 g/mol. The van der Waals surface area contributed by atoms with Crippen molar-refractivity contribution in [1.29, 1.82) is 0 Å². The molecule has 0 bridgehead atoms. The maximum atomic E-state index is 12.4. The molecule has 0 aliphatic carbocycles. The summed E-state index contributed by atoms with van der Waals surface area (Å²) in [5.74, 6) is 0.294. The van der Waals surface area contributed by atoms with Gasteiger partial charge in [-0.3, -0.25) is 4.98 Å². The minimum atomic E-state index is -0.418. The third kappa shape index (κ3) is 3.80. The number of carbonyl (C=O) groups is 1. The molecule has 26 heavy (non-hydrogen) atoms. The van der Waals surface area contributed by atoms with Gasteiger partial charge in [-0.05, 0) is 44.2 Å². The Bertz CT molecular complexity index is 943. The zero-order valence-corrected chi connectivity index (χ0v) is 16.2. The first-order chi connectivity index (χ1) is 12.6. The number of ether oxygens (including phenoxy) is 2. The van der Waals surface area contributed by atoms with E-state index in [-0.39, 0.29) is 0 Å². The Balaban J connectivity index is 2.17. The van der Waals surface area contributed by atoms with Crippen molar-refractivity contribution in [2.45, 2.75) is 13.8 Å². The van der Waals surface area contributed by atoms with Crippen molar-refractivity contribution in [3.05, 3.63) is 58.7 Å². The highest BCUT2D eigenvalue weighted by atomic mass is 79.9. The van der Waals surface area contributed by atoms with Crippen LogP contribution in [0.15, 0.2) is 53.1 Å². The number of nitrogens with one attached hydrogen (secondary N) is 1. The number of hydrogen-bond acceptors (Lipinski definition) is 5. The highest BCUT2D eigenvalue weighted by molar-refractivity contribution is 9.10. The molecular formula is C20H19BrN2O3. The van der Waals surface area contributed by atoms with Crippen LogP contribution in [-0.2, 0) is 4.74 Å². The summed E-state index contributed by atoms with van der Waals surface area (Å²) in [4.78, 5) is 16.8. The quantitative estimate of drug-likeness (QED) is 0.553. The smallest absolute Gasteiger partial charge is 0.341 e. The fourth-order valence-corrected chi connectivity index (χ4v) is 3.01. The molecule has 0 unspecified atom stereocenters. The standard InChI is InChI=1S/C20H19BrN2O3/c1-3-25-18-8-6-5-7-17(18)23-19-14-11-13(21)9-10-16(14)22-12-15(19)20(24)26-4-2/h5-12H,3-4H2,1-2H3,(H,22,23). The first kappa shape index (κ1) is 18.2. The van der Waals surface area contributed by atoms with Gasteiger partial charge in [0.05, 0.1) is 30.1 Å². The maximum Gasteiger partial charge on any atom is 0.341 e. The van der Waals surface area contributed by atoms with E-state index < -0.39 is 5.97 Å². The third-order valence-electron chi connectivity index (χ3n) is 3.77. The van der Waals surface area contributed by atoms with Gasteiger partial charge in [0.15, 0.2) is 0 Å². The molecule has 3 rings (SSSR count). The number of anilines is 2. The van der Waals surface area contributed by atoms with E-state index in [9.17, 15) is 4.79 Å². The minimum absolute atomic E-state index is 0.296. The Morgan fingerprint density at radius 1 is 1.15 bits per heavy atom. The van der Waals surface area contributed by atoms with Crippen LogP contribution >= 0.6 is 15.9 Å². The molecule has 3 aromatic rings. The van der Waals surface area contributed by atoms with Gasteiger partial charge in [-0.15, -0.1) is 0 Å². The molecule has 6 heteroatoms.